The van der Waals surface area contributed by atoms with E-state index in [1.165, 1.54) is 0 Å². The second kappa shape index (κ2) is 9.49. The molecular formula is C17H11Br9. The molecule has 0 spiro atoms. The number of hydrogen-bond donors (Lipinski definition) is 0. The van der Waals surface area contributed by atoms with Crippen LogP contribution in [0.25, 0.3) is 0 Å². The molecule has 0 heterocycles. The number of rotatable bonds is 5. The molecule has 142 valence electrons. The standard InChI is InChI=1S/C17H11Br9/c18-13(19)15(20,21)14(11-7-3-1-4-8-11,12-9-5-2-6-10-12)16(22,23)17(24,25)26/h1-10,13H. The maximum atomic E-state index is 3.98. The van der Waals surface area contributed by atoms with Crippen molar-refractivity contribution in [3.8, 4) is 0 Å². The molecule has 0 saturated heterocycles. The monoisotopic (exact) mass is 925 g/mol. The van der Waals surface area contributed by atoms with Crippen molar-refractivity contribution in [3.63, 3.8) is 0 Å². The fourth-order valence-electron chi connectivity index (χ4n) is 2.88. The van der Waals surface area contributed by atoms with Crippen molar-refractivity contribution < 1.29 is 0 Å². The van der Waals surface area contributed by atoms with Gasteiger partial charge in [-0.1, -0.05) is 204 Å². The van der Waals surface area contributed by atoms with Gasteiger partial charge in [0.25, 0.3) is 0 Å². The van der Waals surface area contributed by atoms with Gasteiger partial charge < -0.3 is 0 Å². The van der Waals surface area contributed by atoms with Crippen LogP contribution in [0.3, 0.4) is 0 Å². The largest absolute Gasteiger partial charge is 0.161 e. The first-order chi connectivity index (χ1) is 11.9. The normalized spacial score (nSPS) is 13.9. The molecular weight excluding hydrogens is 923 g/mol. The summed E-state index contributed by atoms with van der Waals surface area (Å²) in [6, 6.07) is 20.6. The Balaban J connectivity index is 3.05. The zero-order chi connectivity index (χ0) is 19.8. The summed E-state index contributed by atoms with van der Waals surface area (Å²) in [5.41, 5.74) is 1.48. The van der Waals surface area contributed by atoms with Gasteiger partial charge in [0.1, 0.15) is 6.47 Å². The molecule has 0 N–H and O–H groups in total. The smallest absolute Gasteiger partial charge is 0.0739 e. The van der Waals surface area contributed by atoms with E-state index in [4.69, 9.17) is 0 Å². The SMILES string of the molecule is BrC(Br)C(Br)(Br)C(c1ccccc1)(c1ccccc1)C(Br)(Br)C(Br)(Br)Br. The van der Waals surface area contributed by atoms with Crippen LogP contribution >= 0.6 is 143 Å². The lowest BCUT2D eigenvalue weighted by atomic mass is 9.70. The number of alkyl halides is 9. The van der Waals surface area contributed by atoms with Crippen molar-refractivity contribution in [2.24, 2.45) is 0 Å². The maximum absolute atomic E-state index is 3.98. The maximum Gasteiger partial charge on any atom is 0.161 e. The number of hydrogen-bond acceptors (Lipinski definition) is 0. The molecule has 0 atom stereocenters. The second-order valence-corrected chi connectivity index (χ2v) is 22.3. The van der Waals surface area contributed by atoms with E-state index in [0.29, 0.717) is 0 Å². The molecule has 0 bridgehead atoms. The van der Waals surface area contributed by atoms with E-state index in [-0.39, 0.29) is 3.74 Å². The van der Waals surface area contributed by atoms with Gasteiger partial charge in [-0.25, -0.2) is 0 Å². The van der Waals surface area contributed by atoms with E-state index in [0.717, 1.165) is 11.1 Å². The van der Waals surface area contributed by atoms with Gasteiger partial charge in [0.2, 0.25) is 0 Å². The molecule has 2 aromatic rings. The predicted molar refractivity (Wildman–Crippen MR) is 146 cm³/mol. The van der Waals surface area contributed by atoms with Crippen molar-refractivity contribution >= 4 is 143 Å². The zero-order valence-electron chi connectivity index (χ0n) is 12.8. The van der Waals surface area contributed by atoms with Crippen LogP contribution in [0.2, 0.25) is 0 Å². The van der Waals surface area contributed by atoms with E-state index >= 15 is 0 Å². The van der Waals surface area contributed by atoms with E-state index in [2.05, 4.69) is 168 Å². The highest BCUT2D eigenvalue weighted by Crippen LogP contribution is 2.71. The quantitative estimate of drug-likeness (QED) is 0.262. The Morgan fingerprint density at radius 2 is 0.923 bits per heavy atom. The lowest BCUT2D eigenvalue weighted by molar-refractivity contribution is 0.469. The Bertz CT molecular complexity index is 681. The Morgan fingerprint density at radius 3 is 1.19 bits per heavy atom. The van der Waals surface area contributed by atoms with E-state index in [9.17, 15) is 0 Å². The van der Waals surface area contributed by atoms with Crippen LogP contribution in [0.4, 0.5) is 0 Å². The van der Waals surface area contributed by atoms with Gasteiger partial charge in [0, 0.05) is 0 Å². The molecule has 0 radical (unpaired) electrons. The summed E-state index contributed by atoms with van der Waals surface area (Å²) in [6.45, 7) is 0. The lowest BCUT2D eigenvalue weighted by Gasteiger charge is -2.55. The fraction of sp³-hybridized carbons (Fsp3) is 0.294. The van der Waals surface area contributed by atoms with Crippen LogP contribution in [-0.2, 0) is 5.41 Å². The molecule has 0 saturated carbocycles. The van der Waals surface area contributed by atoms with Crippen molar-refractivity contribution in [1.29, 1.82) is 0 Å². The third kappa shape index (κ3) is 4.37. The molecule has 0 aromatic heterocycles. The van der Waals surface area contributed by atoms with Gasteiger partial charge in [0.15, 0.2) is 2.14 Å². The molecule has 2 rings (SSSR count). The van der Waals surface area contributed by atoms with Gasteiger partial charge >= 0.3 is 0 Å². The summed E-state index contributed by atoms with van der Waals surface area (Å²) in [5, 5.41) is 0. The number of benzene rings is 2. The third-order valence-electron chi connectivity index (χ3n) is 4.01. The summed E-state index contributed by atoms with van der Waals surface area (Å²) >= 11 is 34.6. The van der Waals surface area contributed by atoms with Crippen molar-refractivity contribution in [2.45, 2.75) is 17.8 Å². The lowest BCUT2D eigenvalue weighted by Crippen LogP contribution is -2.62. The molecule has 0 fully saturated rings. The first-order valence-electron chi connectivity index (χ1n) is 7.12. The molecule has 0 amide bonds. The molecule has 0 unspecified atom stereocenters. The molecule has 0 aliphatic heterocycles. The van der Waals surface area contributed by atoms with Gasteiger partial charge in [0.05, 0.1) is 9.15 Å². The van der Waals surface area contributed by atoms with Crippen molar-refractivity contribution in [2.75, 3.05) is 0 Å². The summed E-state index contributed by atoms with van der Waals surface area (Å²) < 4.78 is -2.25. The summed E-state index contributed by atoms with van der Waals surface area (Å²) in [6.07, 6.45) is 0. The Hall–Kier alpha value is 2.76. The highest BCUT2D eigenvalue weighted by atomic mass is 80.0. The van der Waals surface area contributed by atoms with Crippen LogP contribution < -0.4 is 0 Å². The molecule has 2 aromatic carbocycles. The van der Waals surface area contributed by atoms with Crippen LogP contribution in [-0.4, -0.2) is 12.3 Å². The van der Waals surface area contributed by atoms with Crippen LogP contribution in [0.5, 0.6) is 0 Å². The second-order valence-electron chi connectivity index (χ2n) is 5.48. The first-order valence-corrected chi connectivity index (χ1v) is 14.5. The highest BCUT2D eigenvalue weighted by Gasteiger charge is 2.69. The average Bonchev–Trinajstić information content (AvgIpc) is 2.56. The summed E-state index contributed by atoms with van der Waals surface area (Å²) in [7, 11) is 0. The first kappa shape index (κ1) is 25.0. The molecule has 26 heavy (non-hydrogen) atoms. The highest BCUT2D eigenvalue weighted by molar-refractivity contribution is 9.41. The van der Waals surface area contributed by atoms with E-state index in [1.807, 2.05) is 36.4 Å². The Kier molecular flexibility index (Phi) is 9.14. The van der Waals surface area contributed by atoms with Crippen molar-refractivity contribution in [1.82, 2.24) is 0 Å². The number of halogens is 9. The zero-order valence-corrected chi connectivity index (χ0v) is 27.0. The average molecular weight is 934 g/mol. The Labute approximate surface area is 229 Å². The van der Waals surface area contributed by atoms with Gasteiger partial charge in [-0.05, 0) is 11.1 Å². The summed E-state index contributed by atoms with van der Waals surface area (Å²) in [5.74, 6) is 0. The van der Waals surface area contributed by atoms with E-state index < -0.39 is 14.0 Å². The van der Waals surface area contributed by atoms with Gasteiger partial charge in [-0.2, -0.15) is 0 Å². The molecule has 0 aliphatic carbocycles. The molecule has 0 aliphatic rings. The molecule has 9 heteroatoms. The van der Waals surface area contributed by atoms with Gasteiger partial charge in [-0.3, -0.25) is 0 Å². The molecule has 0 nitrogen and oxygen atoms in total. The minimum absolute atomic E-state index is 0.132. The van der Waals surface area contributed by atoms with Crippen LogP contribution in [0.15, 0.2) is 60.7 Å². The fourth-order valence-corrected chi connectivity index (χ4v) is 8.57. The van der Waals surface area contributed by atoms with E-state index in [1.54, 1.807) is 0 Å². The topological polar surface area (TPSA) is 0 Å². The van der Waals surface area contributed by atoms with Crippen LogP contribution in [0, 0.1) is 0 Å². The predicted octanol–water partition coefficient (Wildman–Crippen LogP) is 9.90. The minimum atomic E-state index is -0.754. The van der Waals surface area contributed by atoms with Gasteiger partial charge in [-0.15, -0.1) is 0 Å². The van der Waals surface area contributed by atoms with Crippen molar-refractivity contribution in [3.05, 3.63) is 71.8 Å². The third-order valence-corrected chi connectivity index (χ3v) is 17.3. The van der Waals surface area contributed by atoms with Crippen LogP contribution in [0.1, 0.15) is 11.1 Å². The summed E-state index contributed by atoms with van der Waals surface area (Å²) in [4.78, 5) is 0. The minimum Gasteiger partial charge on any atom is -0.0739 e. The Morgan fingerprint density at radius 1 is 0.577 bits per heavy atom.